The van der Waals surface area contributed by atoms with Crippen molar-refractivity contribution in [2.24, 2.45) is 5.92 Å². The summed E-state index contributed by atoms with van der Waals surface area (Å²) < 4.78 is 10.6. The number of hydrogen-bond donors (Lipinski definition) is 1. The number of pyridine rings is 1. The Balaban J connectivity index is 1.55. The number of nitrogens with zero attached hydrogens (tertiary/aromatic N) is 2. The van der Waals surface area contributed by atoms with Gasteiger partial charge in [-0.3, -0.25) is 9.59 Å². The van der Waals surface area contributed by atoms with E-state index in [2.05, 4.69) is 10.3 Å². The summed E-state index contributed by atoms with van der Waals surface area (Å²) in [6.07, 6.45) is 2.61. The SMILES string of the molecule is COc1ccc(CCN2CC(C(=O)Nc3ccc(C)cn3)CC2=O)cc1OC. The molecule has 2 aromatic rings. The molecule has 1 aliphatic rings. The van der Waals surface area contributed by atoms with Gasteiger partial charge in [-0.1, -0.05) is 12.1 Å². The summed E-state index contributed by atoms with van der Waals surface area (Å²) in [5.41, 5.74) is 2.07. The van der Waals surface area contributed by atoms with Gasteiger partial charge in [-0.25, -0.2) is 4.98 Å². The zero-order chi connectivity index (χ0) is 20.1. The minimum atomic E-state index is -0.360. The first-order valence-electron chi connectivity index (χ1n) is 9.22. The van der Waals surface area contributed by atoms with Gasteiger partial charge < -0.3 is 19.7 Å². The van der Waals surface area contributed by atoms with Crippen LogP contribution in [0, 0.1) is 12.8 Å². The molecular weight excluding hydrogens is 358 g/mol. The first-order chi connectivity index (χ1) is 13.5. The minimum absolute atomic E-state index is 0.00232. The monoisotopic (exact) mass is 383 g/mol. The first kappa shape index (κ1) is 19.7. The number of hydrogen-bond acceptors (Lipinski definition) is 5. The molecule has 7 heteroatoms. The van der Waals surface area contributed by atoms with Gasteiger partial charge in [-0.05, 0) is 42.7 Å². The van der Waals surface area contributed by atoms with Crippen LogP contribution in [0.5, 0.6) is 11.5 Å². The maximum atomic E-state index is 12.5. The Morgan fingerprint density at radius 2 is 2.00 bits per heavy atom. The van der Waals surface area contributed by atoms with Gasteiger partial charge >= 0.3 is 0 Å². The van der Waals surface area contributed by atoms with E-state index in [4.69, 9.17) is 9.47 Å². The molecule has 1 aliphatic heterocycles. The van der Waals surface area contributed by atoms with Crippen LogP contribution in [0.2, 0.25) is 0 Å². The van der Waals surface area contributed by atoms with Gasteiger partial charge in [0.2, 0.25) is 11.8 Å². The molecular formula is C21H25N3O4. The third-order valence-corrected chi connectivity index (χ3v) is 4.87. The molecule has 1 unspecified atom stereocenters. The lowest BCUT2D eigenvalue weighted by Gasteiger charge is -2.17. The molecule has 0 saturated carbocycles. The molecule has 1 aromatic carbocycles. The van der Waals surface area contributed by atoms with Crippen molar-refractivity contribution in [3.63, 3.8) is 0 Å². The van der Waals surface area contributed by atoms with Crippen LogP contribution in [0.25, 0.3) is 0 Å². The number of likely N-dealkylation sites (tertiary alicyclic amines) is 1. The van der Waals surface area contributed by atoms with E-state index in [1.165, 1.54) is 0 Å². The fourth-order valence-electron chi connectivity index (χ4n) is 3.23. The minimum Gasteiger partial charge on any atom is -0.493 e. The van der Waals surface area contributed by atoms with E-state index < -0.39 is 0 Å². The Morgan fingerprint density at radius 1 is 1.21 bits per heavy atom. The third-order valence-electron chi connectivity index (χ3n) is 4.87. The fourth-order valence-corrected chi connectivity index (χ4v) is 3.23. The average Bonchev–Trinajstić information content (AvgIpc) is 3.08. The van der Waals surface area contributed by atoms with Crippen molar-refractivity contribution in [1.29, 1.82) is 0 Å². The number of amides is 2. The molecule has 2 heterocycles. The van der Waals surface area contributed by atoms with Crippen LogP contribution < -0.4 is 14.8 Å². The van der Waals surface area contributed by atoms with Crippen molar-refractivity contribution in [2.75, 3.05) is 32.6 Å². The Morgan fingerprint density at radius 3 is 2.68 bits per heavy atom. The van der Waals surface area contributed by atoms with E-state index in [9.17, 15) is 9.59 Å². The number of carbonyl (C=O) groups is 2. The lowest BCUT2D eigenvalue weighted by molar-refractivity contribution is -0.128. The summed E-state index contributed by atoms with van der Waals surface area (Å²) in [6, 6.07) is 9.36. The second-order valence-electron chi connectivity index (χ2n) is 6.89. The maximum Gasteiger partial charge on any atom is 0.230 e. The number of methoxy groups -OCH3 is 2. The maximum absolute atomic E-state index is 12.5. The van der Waals surface area contributed by atoms with Crippen molar-refractivity contribution in [1.82, 2.24) is 9.88 Å². The Kier molecular flexibility index (Phi) is 6.13. The number of anilines is 1. The molecule has 1 aromatic heterocycles. The molecule has 0 bridgehead atoms. The number of carbonyl (C=O) groups excluding carboxylic acids is 2. The number of aryl methyl sites for hydroxylation is 1. The molecule has 1 saturated heterocycles. The van der Waals surface area contributed by atoms with Crippen LogP contribution >= 0.6 is 0 Å². The lowest BCUT2D eigenvalue weighted by atomic mass is 10.1. The van der Waals surface area contributed by atoms with Crippen LogP contribution in [0.3, 0.4) is 0 Å². The van der Waals surface area contributed by atoms with Gasteiger partial charge in [-0.15, -0.1) is 0 Å². The highest BCUT2D eigenvalue weighted by Crippen LogP contribution is 2.28. The van der Waals surface area contributed by atoms with Crippen molar-refractivity contribution in [3.8, 4) is 11.5 Å². The molecule has 3 rings (SSSR count). The summed E-state index contributed by atoms with van der Waals surface area (Å²) in [6.45, 7) is 2.91. The summed E-state index contributed by atoms with van der Waals surface area (Å²) in [7, 11) is 3.19. The molecule has 2 amide bonds. The molecule has 1 N–H and O–H groups in total. The summed E-state index contributed by atoms with van der Waals surface area (Å²) in [5.74, 6) is 1.31. The van der Waals surface area contributed by atoms with Gasteiger partial charge in [0.15, 0.2) is 11.5 Å². The second-order valence-corrected chi connectivity index (χ2v) is 6.89. The van der Waals surface area contributed by atoms with Gasteiger partial charge in [-0.2, -0.15) is 0 Å². The van der Waals surface area contributed by atoms with Gasteiger partial charge in [0.05, 0.1) is 20.1 Å². The van der Waals surface area contributed by atoms with Crippen molar-refractivity contribution < 1.29 is 19.1 Å². The molecule has 28 heavy (non-hydrogen) atoms. The number of nitrogens with one attached hydrogen (secondary N) is 1. The number of benzene rings is 1. The van der Waals surface area contributed by atoms with E-state index in [0.29, 0.717) is 36.8 Å². The standard InChI is InChI=1S/C21H25N3O4/c1-14-4-7-19(22-12-14)23-21(26)16-11-20(25)24(13-16)9-8-15-5-6-17(27-2)18(10-15)28-3/h4-7,10,12,16H,8-9,11,13H2,1-3H3,(H,22,23,26). The van der Waals surface area contributed by atoms with Crippen molar-refractivity contribution in [3.05, 3.63) is 47.7 Å². The predicted octanol–water partition coefficient (Wildman–Crippen LogP) is 2.44. The Hall–Kier alpha value is -3.09. The topological polar surface area (TPSA) is 80.8 Å². The van der Waals surface area contributed by atoms with Gasteiger partial charge in [0.25, 0.3) is 0 Å². The Labute approximate surface area is 164 Å². The lowest BCUT2D eigenvalue weighted by Crippen LogP contribution is -2.30. The highest BCUT2D eigenvalue weighted by Gasteiger charge is 2.34. The number of aromatic nitrogens is 1. The molecule has 1 atom stereocenters. The highest BCUT2D eigenvalue weighted by atomic mass is 16.5. The normalized spacial score (nSPS) is 16.2. The number of rotatable bonds is 7. The first-order valence-corrected chi connectivity index (χ1v) is 9.22. The summed E-state index contributed by atoms with van der Waals surface area (Å²) in [5, 5.41) is 2.79. The largest absolute Gasteiger partial charge is 0.493 e. The third kappa shape index (κ3) is 4.60. The zero-order valence-electron chi connectivity index (χ0n) is 16.4. The van der Waals surface area contributed by atoms with Crippen LogP contribution in [0.15, 0.2) is 36.5 Å². The second kappa shape index (κ2) is 8.73. The van der Waals surface area contributed by atoms with Crippen LogP contribution in [0.1, 0.15) is 17.5 Å². The summed E-state index contributed by atoms with van der Waals surface area (Å²) in [4.78, 5) is 30.7. The number of ether oxygens (including phenoxy) is 2. The van der Waals surface area contributed by atoms with Crippen molar-refractivity contribution in [2.45, 2.75) is 19.8 Å². The zero-order valence-corrected chi connectivity index (χ0v) is 16.4. The van der Waals surface area contributed by atoms with Gasteiger partial charge in [0, 0.05) is 25.7 Å². The van der Waals surface area contributed by atoms with E-state index >= 15 is 0 Å². The average molecular weight is 383 g/mol. The molecule has 7 nitrogen and oxygen atoms in total. The van der Waals surface area contributed by atoms with Crippen LogP contribution in [-0.2, 0) is 16.0 Å². The van der Waals surface area contributed by atoms with Crippen molar-refractivity contribution >= 4 is 17.6 Å². The molecule has 0 aliphatic carbocycles. The van der Waals surface area contributed by atoms with Crippen LogP contribution in [0.4, 0.5) is 5.82 Å². The molecule has 0 radical (unpaired) electrons. The van der Waals surface area contributed by atoms with E-state index in [1.807, 2.05) is 31.2 Å². The molecule has 148 valence electrons. The van der Waals surface area contributed by atoms with E-state index in [0.717, 1.165) is 11.1 Å². The molecule has 0 spiro atoms. The van der Waals surface area contributed by atoms with Gasteiger partial charge in [0.1, 0.15) is 5.82 Å². The molecule has 1 fully saturated rings. The predicted molar refractivity (Wildman–Crippen MR) is 106 cm³/mol. The summed E-state index contributed by atoms with van der Waals surface area (Å²) >= 11 is 0. The van der Waals surface area contributed by atoms with E-state index in [-0.39, 0.29) is 24.2 Å². The Bertz CT molecular complexity index is 851. The highest BCUT2D eigenvalue weighted by molar-refractivity contribution is 5.96. The fraction of sp³-hybridized carbons (Fsp3) is 0.381. The van der Waals surface area contributed by atoms with Crippen LogP contribution in [-0.4, -0.2) is 49.0 Å². The quantitative estimate of drug-likeness (QED) is 0.794. The smallest absolute Gasteiger partial charge is 0.230 e. The van der Waals surface area contributed by atoms with E-state index in [1.54, 1.807) is 31.4 Å².